The highest BCUT2D eigenvalue weighted by Gasteiger charge is 2.20. The summed E-state index contributed by atoms with van der Waals surface area (Å²) in [4.78, 5) is 20.7. The van der Waals surface area contributed by atoms with Crippen molar-refractivity contribution < 1.29 is 9.53 Å². The minimum atomic E-state index is 0.0413. The summed E-state index contributed by atoms with van der Waals surface area (Å²) in [7, 11) is 1.64. The molecule has 2 heterocycles. The maximum Gasteiger partial charge on any atom is 0.229 e. The first-order chi connectivity index (χ1) is 15.1. The van der Waals surface area contributed by atoms with E-state index in [0.29, 0.717) is 35.4 Å². The summed E-state index contributed by atoms with van der Waals surface area (Å²) in [6, 6.07) is 15.3. The van der Waals surface area contributed by atoms with E-state index in [1.54, 1.807) is 30.0 Å². The van der Waals surface area contributed by atoms with Crippen molar-refractivity contribution in [1.29, 1.82) is 0 Å². The largest absolute Gasteiger partial charge is 0.497 e. The van der Waals surface area contributed by atoms with Crippen molar-refractivity contribution in [3.05, 3.63) is 65.9 Å². The number of carbonyl (C=O) groups excluding carboxylic acids is 1. The van der Waals surface area contributed by atoms with Crippen molar-refractivity contribution >= 4 is 56.0 Å². The van der Waals surface area contributed by atoms with E-state index in [1.807, 2.05) is 59.4 Å². The van der Waals surface area contributed by atoms with Crippen molar-refractivity contribution in [3.8, 4) is 5.75 Å². The van der Waals surface area contributed by atoms with Gasteiger partial charge in [-0.05, 0) is 48.5 Å². The highest BCUT2D eigenvalue weighted by Crippen LogP contribution is 2.32. The average molecular weight is 473 g/mol. The standard InChI is InChI=1S/C22H21ClN4O2S2/c1-29-17-5-8-19-20(15-17)31-22(25-19)27(13-12-26-11-2-10-24-26)21(28)9-14-30-18-6-3-16(23)4-7-18/h2-8,10-11,15H,9,12-14H2,1H3. The second-order valence-electron chi connectivity index (χ2n) is 6.70. The second kappa shape index (κ2) is 10.2. The van der Waals surface area contributed by atoms with E-state index in [1.165, 1.54) is 11.3 Å². The van der Waals surface area contributed by atoms with Crippen LogP contribution in [0.25, 0.3) is 10.2 Å². The van der Waals surface area contributed by atoms with Crippen LogP contribution in [0.3, 0.4) is 0 Å². The molecule has 1 amide bonds. The van der Waals surface area contributed by atoms with Gasteiger partial charge in [0.05, 0.1) is 23.9 Å². The Balaban J connectivity index is 1.48. The number of hydrogen-bond donors (Lipinski definition) is 0. The molecular weight excluding hydrogens is 452 g/mol. The normalized spacial score (nSPS) is 11.0. The molecule has 160 valence electrons. The Morgan fingerprint density at radius 3 is 2.84 bits per heavy atom. The molecule has 0 atom stereocenters. The van der Waals surface area contributed by atoms with Gasteiger partial charge in [0.2, 0.25) is 5.91 Å². The molecule has 9 heteroatoms. The van der Waals surface area contributed by atoms with Crippen LogP contribution in [-0.4, -0.2) is 40.1 Å². The fourth-order valence-corrected chi connectivity index (χ4v) is 5.02. The zero-order chi connectivity index (χ0) is 21.6. The molecule has 6 nitrogen and oxygen atoms in total. The van der Waals surface area contributed by atoms with E-state index in [2.05, 4.69) is 5.10 Å². The van der Waals surface area contributed by atoms with Gasteiger partial charge >= 0.3 is 0 Å². The number of carbonyl (C=O) groups is 1. The van der Waals surface area contributed by atoms with Gasteiger partial charge in [0, 0.05) is 41.0 Å². The van der Waals surface area contributed by atoms with Gasteiger partial charge in [0.15, 0.2) is 5.13 Å². The third kappa shape index (κ3) is 5.58. The number of rotatable bonds is 9. The molecule has 2 aromatic heterocycles. The van der Waals surface area contributed by atoms with Gasteiger partial charge in [-0.25, -0.2) is 4.98 Å². The van der Waals surface area contributed by atoms with Crippen LogP contribution in [0.15, 0.2) is 65.8 Å². The molecule has 4 aromatic rings. The number of thioether (sulfide) groups is 1. The molecule has 0 aliphatic heterocycles. The van der Waals surface area contributed by atoms with Crippen LogP contribution >= 0.6 is 34.7 Å². The Morgan fingerprint density at radius 2 is 2.10 bits per heavy atom. The second-order valence-corrected chi connectivity index (χ2v) is 9.31. The molecule has 0 bridgehead atoms. The molecule has 0 N–H and O–H groups in total. The van der Waals surface area contributed by atoms with Crippen LogP contribution in [0.5, 0.6) is 5.75 Å². The van der Waals surface area contributed by atoms with Crippen LogP contribution in [-0.2, 0) is 11.3 Å². The van der Waals surface area contributed by atoms with Crippen molar-refractivity contribution in [2.24, 2.45) is 0 Å². The van der Waals surface area contributed by atoms with E-state index in [4.69, 9.17) is 21.3 Å². The van der Waals surface area contributed by atoms with Crippen LogP contribution < -0.4 is 9.64 Å². The van der Waals surface area contributed by atoms with E-state index in [9.17, 15) is 4.79 Å². The number of benzene rings is 2. The fourth-order valence-electron chi connectivity index (χ4n) is 3.02. The van der Waals surface area contributed by atoms with Crippen molar-refractivity contribution in [2.45, 2.75) is 17.9 Å². The van der Waals surface area contributed by atoms with E-state index in [0.717, 1.165) is 20.9 Å². The number of nitrogens with zero attached hydrogens (tertiary/aromatic N) is 4. The maximum atomic E-state index is 13.2. The number of hydrogen-bond acceptors (Lipinski definition) is 6. The number of ether oxygens (including phenoxy) is 1. The first-order valence-electron chi connectivity index (χ1n) is 9.73. The number of anilines is 1. The molecule has 0 spiro atoms. The molecule has 0 aliphatic rings. The third-order valence-electron chi connectivity index (χ3n) is 4.63. The van der Waals surface area contributed by atoms with Crippen molar-refractivity contribution in [1.82, 2.24) is 14.8 Å². The minimum Gasteiger partial charge on any atom is -0.497 e. The summed E-state index contributed by atoms with van der Waals surface area (Å²) < 4.78 is 8.12. The lowest BCUT2D eigenvalue weighted by molar-refractivity contribution is -0.118. The van der Waals surface area contributed by atoms with Gasteiger partial charge in [-0.3, -0.25) is 14.4 Å². The van der Waals surface area contributed by atoms with E-state index >= 15 is 0 Å². The molecule has 31 heavy (non-hydrogen) atoms. The smallest absolute Gasteiger partial charge is 0.229 e. The first-order valence-corrected chi connectivity index (χ1v) is 11.9. The van der Waals surface area contributed by atoms with Crippen LogP contribution in [0.1, 0.15) is 6.42 Å². The van der Waals surface area contributed by atoms with Crippen molar-refractivity contribution in [3.63, 3.8) is 0 Å². The average Bonchev–Trinajstić information content (AvgIpc) is 3.44. The lowest BCUT2D eigenvalue weighted by Crippen LogP contribution is -2.34. The minimum absolute atomic E-state index is 0.0413. The highest BCUT2D eigenvalue weighted by molar-refractivity contribution is 7.99. The van der Waals surface area contributed by atoms with Crippen LogP contribution in [0, 0.1) is 0 Å². The summed E-state index contributed by atoms with van der Waals surface area (Å²) in [5.74, 6) is 1.49. The predicted molar refractivity (Wildman–Crippen MR) is 128 cm³/mol. The van der Waals surface area contributed by atoms with Gasteiger partial charge in [0.1, 0.15) is 5.75 Å². The Kier molecular flexibility index (Phi) is 7.11. The summed E-state index contributed by atoms with van der Waals surface area (Å²) in [5, 5.41) is 5.64. The Bertz CT molecular complexity index is 1150. The van der Waals surface area contributed by atoms with Gasteiger partial charge < -0.3 is 4.74 Å². The maximum absolute atomic E-state index is 13.2. The monoisotopic (exact) mass is 472 g/mol. The van der Waals surface area contributed by atoms with Gasteiger partial charge in [0.25, 0.3) is 0 Å². The SMILES string of the molecule is COc1ccc2nc(N(CCn3cccn3)C(=O)CCSc3ccc(Cl)cc3)sc2c1. The lowest BCUT2D eigenvalue weighted by Gasteiger charge is -2.20. The number of fused-ring (bicyclic) bond motifs is 1. The first kappa shape index (κ1) is 21.7. The summed E-state index contributed by atoms with van der Waals surface area (Å²) in [6.07, 6.45) is 4.03. The third-order valence-corrected chi connectivity index (χ3v) is 6.93. The number of aromatic nitrogens is 3. The highest BCUT2D eigenvalue weighted by atomic mass is 35.5. The Hall–Kier alpha value is -2.55. The number of thiazole rings is 1. The molecular formula is C22H21ClN4O2S2. The zero-order valence-corrected chi connectivity index (χ0v) is 19.3. The van der Waals surface area contributed by atoms with E-state index < -0.39 is 0 Å². The lowest BCUT2D eigenvalue weighted by atomic mass is 10.3. The fraction of sp³-hybridized carbons (Fsp3) is 0.227. The zero-order valence-electron chi connectivity index (χ0n) is 16.9. The Morgan fingerprint density at radius 1 is 1.26 bits per heavy atom. The molecule has 0 saturated heterocycles. The Labute approximate surface area is 193 Å². The van der Waals surface area contributed by atoms with Gasteiger partial charge in [-0.1, -0.05) is 22.9 Å². The number of amides is 1. The summed E-state index contributed by atoms with van der Waals surface area (Å²) >= 11 is 9.08. The molecule has 0 radical (unpaired) electrons. The molecule has 0 fully saturated rings. The van der Waals surface area contributed by atoms with Gasteiger partial charge in [-0.2, -0.15) is 5.10 Å². The van der Waals surface area contributed by atoms with Crippen LogP contribution in [0.4, 0.5) is 5.13 Å². The molecule has 4 rings (SSSR count). The van der Waals surface area contributed by atoms with E-state index in [-0.39, 0.29) is 5.91 Å². The summed E-state index contributed by atoms with van der Waals surface area (Å²) in [6.45, 7) is 1.10. The van der Waals surface area contributed by atoms with Crippen molar-refractivity contribution in [2.75, 3.05) is 24.3 Å². The number of methoxy groups -OCH3 is 1. The molecule has 2 aromatic carbocycles. The summed E-state index contributed by atoms with van der Waals surface area (Å²) in [5.41, 5.74) is 0.855. The number of halogens is 1. The molecule has 0 unspecified atom stereocenters. The molecule has 0 aliphatic carbocycles. The predicted octanol–water partition coefficient (Wildman–Crippen LogP) is 5.37. The van der Waals surface area contributed by atoms with Gasteiger partial charge in [-0.15, -0.1) is 11.8 Å². The van der Waals surface area contributed by atoms with Crippen LogP contribution in [0.2, 0.25) is 5.02 Å². The quantitative estimate of drug-likeness (QED) is 0.306. The topological polar surface area (TPSA) is 60.2 Å². The molecule has 0 saturated carbocycles.